The van der Waals surface area contributed by atoms with Crippen molar-refractivity contribution < 1.29 is 0 Å². The maximum atomic E-state index is 4.06. The molecule has 1 N–H and O–H groups in total. The molecule has 0 saturated heterocycles. The van der Waals surface area contributed by atoms with E-state index in [0.717, 1.165) is 6.42 Å². The van der Waals surface area contributed by atoms with Gasteiger partial charge in [-0.3, -0.25) is 5.43 Å². The zero-order chi connectivity index (χ0) is 5.98. The molecular weight excluding hydrogens is 120 g/mol. The highest BCUT2D eigenvalue weighted by Crippen LogP contribution is 2.17. The summed E-state index contributed by atoms with van der Waals surface area (Å²) in [4.78, 5) is 0. The van der Waals surface area contributed by atoms with E-state index in [2.05, 4.69) is 24.4 Å². The van der Waals surface area contributed by atoms with Gasteiger partial charge in [-0.05, 0) is 13.3 Å². The highest BCUT2D eigenvalue weighted by molar-refractivity contribution is 8.14. The number of thioether (sulfide) groups is 1. The standard InChI is InChI=1S/C5H10N2S/c1-3-5-7-6-4(2)8-5/h4,6H,3H2,1-2H3. The van der Waals surface area contributed by atoms with Crippen LogP contribution in [-0.2, 0) is 0 Å². The molecule has 8 heavy (non-hydrogen) atoms. The third-order valence-corrected chi connectivity index (χ3v) is 2.10. The first-order valence-corrected chi connectivity index (χ1v) is 3.69. The topological polar surface area (TPSA) is 24.4 Å². The fraction of sp³-hybridized carbons (Fsp3) is 0.800. The summed E-state index contributed by atoms with van der Waals surface area (Å²) in [6, 6.07) is 0. The summed E-state index contributed by atoms with van der Waals surface area (Å²) in [7, 11) is 0. The summed E-state index contributed by atoms with van der Waals surface area (Å²) in [5.41, 5.74) is 2.97. The second kappa shape index (κ2) is 2.40. The maximum Gasteiger partial charge on any atom is 0.0949 e. The van der Waals surface area contributed by atoms with Crippen LogP contribution in [0.5, 0.6) is 0 Å². The van der Waals surface area contributed by atoms with Crippen molar-refractivity contribution in [1.82, 2.24) is 5.43 Å². The Morgan fingerprint density at radius 1 is 1.88 bits per heavy atom. The Balaban J connectivity index is 2.37. The Hall–Kier alpha value is -0.180. The van der Waals surface area contributed by atoms with Gasteiger partial charge in [0.2, 0.25) is 0 Å². The van der Waals surface area contributed by atoms with Gasteiger partial charge in [0, 0.05) is 0 Å². The molecule has 0 aromatic carbocycles. The fourth-order valence-electron chi connectivity index (χ4n) is 0.582. The van der Waals surface area contributed by atoms with Gasteiger partial charge >= 0.3 is 0 Å². The van der Waals surface area contributed by atoms with Crippen molar-refractivity contribution in [1.29, 1.82) is 0 Å². The van der Waals surface area contributed by atoms with Crippen molar-refractivity contribution in [2.24, 2.45) is 5.10 Å². The van der Waals surface area contributed by atoms with Crippen molar-refractivity contribution in [2.75, 3.05) is 0 Å². The summed E-state index contributed by atoms with van der Waals surface area (Å²) < 4.78 is 0. The molecule has 0 amide bonds. The zero-order valence-corrected chi connectivity index (χ0v) is 5.96. The molecule has 1 rings (SSSR count). The summed E-state index contributed by atoms with van der Waals surface area (Å²) in [5, 5.41) is 5.78. The Labute approximate surface area is 53.7 Å². The monoisotopic (exact) mass is 130 g/mol. The zero-order valence-electron chi connectivity index (χ0n) is 5.14. The molecule has 0 aliphatic carbocycles. The van der Waals surface area contributed by atoms with Crippen LogP contribution in [0.2, 0.25) is 0 Å². The first-order valence-electron chi connectivity index (χ1n) is 2.81. The van der Waals surface area contributed by atoms with Crippen LogP contribution in [-0.4, -0.2) is 10.4 Å². The third kappa shape index (κ3) is 1.15. The minimum Gasteiger partial charge on any atom is -0.296 e. The Morgan fingerprint density at radius 3 is 2.88 bits per heavy atom. The molecular formula is C5H10N2S. The lowest BCUT2D eigenvalue weighted by Gasteiger charge is -1.95. The fourth-order valence-corrected chi connectivity index (χ4v) is 1.37. The number of nitrogens with one attached hydrogen (secondary N) is 1. The van der Waals surface area contributed by atoms with E-state index in [9.17, 15) is 0 Å². The lowest BCUT2D eigenvalue weighted by atomic mass is 10.5. The van der Waals surface area contributed by atoms with Crippen LogP contribution in [0.15, 0.2) is 5.10 Å². The summed E-state index contributed by atoms with van der Waals surface area (Å²) in [6.07, 6.45) is 1.06. The van der Waals surface area contributed by atoms with Gasteiger partial charge in [-0.2, -0.15) is 5.10 Å². The van der Waals surface area contributed by atoms with E-state index in [1.165, 1.54) is 5.04 Å². The Morgan fingerprint density at radius 2 is 2.62 bits per heavy atom. The molecule has 0 radical (unpaired) electrons. The number of rotatable bonds is 1. The highest BCUT2D eigenvalue weighted by Gasteiger charge is 2.10. The molecule has 0 saturated carbocycles. The van der Waals surface area contributed by atoms with E-state index in [-0.39, 0.29) is 0 Å². The van der Waals surface area contributed by atoms with Crippen LogP contribution in [0.1, 0.15) is 20.3 Å². The average molecular weight is 130 g/mol. The van der Waals surface area contributed by atoms with Crippen LogP contribution in [0.4, 0.5) is 0 Å². The van der Waals surface area contributed by atoms with Crippen molar-refractivity contribution >= 4 is 16.8 Å². The molecule has 46 valence electrons. The number of hydrogen-bond acceptors (Lipinski definition) is 3. The van der Waals surface area contributed by atoms with E-state index >= 15 is 0 Å². The van der Waals surface area contributed by atoms with Gasteiger partial charge < -0.3 is 0 Å². The molecule has 1 atom stereocenters. The molecule has 1 heterocycles. The van der Waals surface area contributed by atoms with E-state index in [1.54, 1.807) is 11.8 Å². The third-order valence-electron chi connectivity index (χ3n) is 0.986. The van der Waals surface area contributed by atoms with Crippen molar-refractivity contribution in [3.8, 4) is 0 Å². The molecule has 1 unspecified atom stereocenters. The largest absolute Gasteiger partial charge is 0.296 e. The van der Waals surface area contributed by atoms with Gasteiger partial charge in [-0.15, -0.1) is 0 Å². The Kier molecular flexibility index (Phi) is 1.78. The Bertz CT molecular complexity index is 111. The van der Waals surface area contributed by atoms with Gasteiger partial charge in [0.05, 0.1) is 10.4 Å². The van der Waals surface area contributed by atoms with Crippen LogP contribution < -0.4 is 5.43 Å². The summed E-state index contributed by atoms with van der Waals surface area (Å²) in [6.45, 7) is 4.22. The number of hydrogen-bond donors (Lipinski definition) is 1. The highest BCUT2D eigenvalue weighted by atomic mass is 32.2. The molecule has 1 aliphatic heterocycles. The molecule has 0 aromatic rings. The minimum absolute atomic E-state index is 0.491. The van der Waals surface area contributed by atoms with E-state index in [0.29, 0.717) is 5.37 Å². The van der Waals surface area contributed by atoms with E-state index in [4.69, 9.17) is 0 Å². The predicted octanol–water partition coefficient (Wildman–Crippen LogP) is 1.39. The lowest BCUT2D eigenvalue weighted by Crippen LogP contribution is -2.09. The van der Waals surface area contributed by atoms with Crippen molar-refractivity contribution in [3.05, 3.63) is 0 Å². The second-order valence-corrected chi connectivity index (χ2v) is 3.16. The van der Waals surface area contributed by atoms with Gasteiger partial charge in [-0.25, -0.2) is 0 Å². The quantitative estimate of drug-likeness (QED) is 0.580. The second-order valence-electron chi connectivity index (χ2n) is 1.75. The SMILES string of the molecule is CCC1=NNC(C)S1. The smallest absolute Gasteiger partial charge is 0.0949 e. The number of nitrogens with zero attached hydrogens (tertiary/aromatic N) is 1. The lowest BCUT2D eigenvalue weighted by molar-refractivity contribution is 0.753. The molecule has 0 spiro atoms. The molecule has 0 aromatic heterocycles. The molecule has 1 aliphatic rings. The maximum absolute atomic E-state index is 4.06. The normalized spacial score (nSPS) is 27.2. The van der Waals surface area contributed by atoms with Crippen LogP contribution >= 0.6 is 11.8 Å². The van der Waals surface area contributed by atoms with E-state index < -0.39 is 0 Å². The molecule has 2 nitrogen and oxygen atoms in total. The first-order chi connectivity index (χ1) is 3.83. The van der Waals surface area contributed by atoms with Crippen molar-refractivity contribution in [3.63, 3.8) is 0 Å². The first kappa shape index (κ1) is 5.95. The summed E-state index contributed by atoms with van der Waals surface area (Å²) >= 11 is 1.80. The van der Waals surface area contributed by atoms with Gasteiger partial charge in [0.1, 0.15) is 0 Å². The average Bonchev–Trinajstić information content (AvgIpc) is 2.14. The van der Waals surface area contributed by atoms with Gasteiger partial charge in [0.15, 0.2) is 0 Å². The van der Waals surface area contributed by atoms with Crippen LogP contribution in [0.3, 0.4) is 0 Å². The van der Waals surface area contributed by atoms with Crippen molar-refractivity contribution in [2.45, 2.75) is 25.6 Å². The summed E-state index contributed by atoms with van der Waals surface area (Å²) in [5.74, 6) is 0. The predicted molar refractivity (Wildman–Crippen MR) is 37.9 cm³/mol. The minimum atomic E-state index is 0.491. The molecule has 3 heteroatoms. The van der Waals surface area contributed by atoms with Gasteiger partial charge in [0.25, 0.3) is 0 Å². The van der Waals surface area contributed by atoms with Crippen LogP contribution in [0.25, 0.3) is 0 Å². The molecule has 0 bridgehead atoms. The van der Waals surface area contributed by atoms with E-state index in [1.807, 2.05) is 0 Å². The molecule has 0 fully saturated rings. The number of hydrazone groups is 1. The van der Waals surface area contributed by atoms with Crippen LogP contribution in [0, 0.1) is 0 Å². The van der Waals surface area contributed by atoms with Gasteiger partial charge in [-0.1, -0.05) is 18.7 Å².